The average Bonchev–Trinajstić information content (AvgIpc) is 2.68. The van der Waals surface area contributed by atoms with Gasteiger partial charge in [-0.2, -0.15) is 0 Å². The fraction of sp³-hybridized carbons (Fsp3) is 0.520. The maximum absolute atomic E-state index is 10.7. The van der Waals surface area contributed by atoms with E-state index in [0.717, 1.165) is 73.6 Å². The maximum Gasteiger partial charge on any atom is 0.122 e. The summed E-state index contributed by atoms with van der Waals surface area (Å²) < 4.78 is 0. The molecule has 2 aromatic rings. The fourth-order valence-electron chi connectivity index (χ4n) is 3.73. The van der Waals surface area contributed by atoms with Crippen LogP contribution in [0.1, 0.15) is 86.8 Å². The van der Waals surface area contributed by atoms with Crippen molar-refractivity contribution in [3.8, 4) is 11.5 Å². The number of benzene rings is 2. The highest BCUT2D eigenvalue weighted by Crippen LogP contribution is 2.33. The predicted octanol–water partition coefficient (Wildman–Crippen LogP) is 6.50. The first-order chi connectivity index (χ1) is 13.0. The number of rotatable bonds is 10. The third-order valence-corrected chi connectivity index (χ3v) is 5.44. The molecule has 27 heavy (non-hydrogen) atoms. The van der Waals surface area contributed by atoms with Gasteiger partial charge in [-0.15, -0.1) is 0 Å². The van der Waals surface area contributed by atoms with E-state index in [1.54, 1.807) is 0 Å². The van der Waals surface area contributed by atoms with Gasteiger partial charge in [-0.3, -0.25) is 0 Å². The van der Waals surface area contributed by atoms with Gasteiger partial charge in [0, 0.05) is 6.42 Å². The third-order valence-electron chi connectivity index (χ3n) is 5.44. The number of aryl methyl sites for hydroxylation is 4. The second-order valence-corrected chi connectivity index (χ2v) is 7.62. The second-order valence-electron chi connectivity index (χ2n) is 7.62. The minimum Gasteiger partial charge on any atom is -0.507 e. The maximum atomic E-state index is 10.7. The van der Waals surface area contributed by atoms with E-state index in [4.69, 9.17) is 0 Å². The van der Waals surface area contributed by atoms with Crippen LogP contribution in [0.25, 0.3) is 0 Å². The van der Waals surface area contributed by atoms with Crippen molar-refractivity contribution in [1.82, 2.24) is 0 Å². The lowest BCUT2D eigenvalue weighted by molar-refractivity contribution is 0.456. The first-order valence-electron chi connectivity index (χ1n) is 10.7. The van der Waals surface area contributed by atoms with E-state index >= 15 is 0 Å². The summed E-state index contributed by atoms with van der Waals surface area (Å²) in [4.78, 5) is 0. The highest BCUT2D eigenvalue weighted by molar-refractivity contribution is 5.51. The normalized spacial score (nSPS) is 11.1. The number of unbranched alkanes of at least 4 members (excludes halogenated alkanes) is 2. The highest BCUT2D eigenvalue weighted by Gasteiger charge is 2.14. The Hall–Kier alpha value is -1.96. The van der Waals surface area contributed by atoms with Gasteiger partial charge in [0.2, 0.25) is 0 Å². The summed E-state index contributed by atoms with van der Waals surface area (Å²) in [7, 11) is 0. The lowest BCUT2D eigenvalue weighted by Gasteiger charge is -2.16. The van der Waals surface area contributed by atoms with Gasteiger partial charge >= 0.3 is 0 Å². The predicted molar refractivity (Wildman–Crippen MR) is 115 cm³/mol. The van der Waals surface area contributed by atoms with Crippen LogP contribution >= 0.6 is 0 Å². The molecule has 0 fully saturated rings. The molecule has 0 saturated heterocycles. The van der Waals surface area contributed by atoms with Crippen LogP contribution in [0.2, 0.25) is 0 Å². The Kier molecular flexibility index (Phi) is 8.22. The van der Waals surface area contributed by atoms with Crippen molar-refractivity contribution in [1.29, 1.82) is 0 Å². The molecule has 0 aliphatic carbocycles. The van der Waals surface area contributed by atoms with E-state index in [1.165, 1.54) is 11.1 Å². The largest absolute Gasteiger partial charge is 0.507 e. The van der Waals surface area contributed by atoms with Crippen molar-refractivity contribution in [2.75, 3.05) is 0 Å². The Morgan fingerprint density at radius 2 is 0.963 bits per heavy atom. The molecular weight excluding hydrogens is 332 g/mol. The molecule has 0 aromatic heterocycles. The molecule has 2 aromatic carbocycles. The summed E-state index contributed by atoms with van der Waals surface area (Å²) >= 11 is 0. The van der Waals surface area contributed by atoms with Gasteiger partial charge in [0.1, 0.15) is 11.5 Å². The molecule has 2 rings (SSSR count). The van der Waals surface area contributed by atoms with Gasteiger partial charge in [0.15, 0.2) is 0 Å². The number of aromatic hydroxyl groups is 2. The molecule has 0 heterocycles. The van der Waals surface area contributed by atoms with E-state index in [9.17, 15) is 10.2 Å². The summed E-state index contributed by atoms with van der Waals surface area (Å²) in [6.07, 6.45) is 8.95. The Balaban J connectivity index is 2.42. The first-order valence-corrected chi connectivity index (χ1v) is 10.7. The standard InChI is InChI=1S/C25H36O2/c1-5-9-11-18-13-20(7-3)24(26)22(15-18)17-23-16-19(12-10-6-2)14-21(8-4)25(23)27/h13-16,26-27H,5-12,17H2,1-4H3. The number of phenolic OH excluding ortho intramolecular Hbond substituents is 2. The lowest BCUT2D eigenvalue weighted by Crippen LogP contribution is -2.00. The molecule has 148 valence electrons. The summed E-state index contributed by atoms with van der Waals surface area (Å²) in [5.41, 5.74) is 6.47. The zero-order valence-electron chi connectivity index (χ0n) is 17.6. The molecule has 0 atom stereocenters. The molecule has 2 heteroatoms. The van der Waals surface area contributed by atoms with Crippen molar-refractivity contribution in [2.45, 2.75) is 85.5 Å². The van der Waals surface area contributed by atoms with Crippen molar-refractivity contribution >= 4 is 0 Å². The molecule has 0 radical (unpaired) electrons. The van der Waals surface area contributed by atoms with Crippen LogP contribution in [0.4, 0.5) is 0 Å². The second kappa shape index (κ2) is 10.4. The van der Waals surface area contributed by atoms with E-state index in [0.29, 0.717) is 17.9 Å². The SMILES string of the molecule is CCCCc1cc(CC)c(O)c(Cc2cc(CCCC)cc(CC)c2O)c1. The van der Waals surface area contributed by atoms with Crippen LogP contribution in [-0.4, -0.2) is 10.2 Å². The fourth-order valence-corrected chi connectivity index (χ4v) is 3.73. The Labute approximate surface area is 165 Å². The molecule has 2 N–H and O–H groups in total. The van der Waals surface area contributed by atoms with Crippen molar-refractivity contribution in [2.24, 2.45) is 0 Å². The van der Waals surface area contributed by atoms with Gasteiger partial charge < -0.3 is 10.2 Å². The molecule has 0 aliphatic rings. The van der Waals surface area contributed by atoms with Gasteiger partial charge in [-0.05, 0) is 71.9 Å². The van der Waals surface area contributed by atoms with E-state index in [-0.39, 0.29) is 0 Å². The zero-order valence-corrected chi connectivity index (χ0v) is 17.6. The van der Waals surface area contributed by atoms with Crippen LogP contribution in [0, 0.1) is 0 Å². The molecular formula is C25H36O2. The van der Waals surface area contributed by atoms with Crippen LogP contribution in [0.3, 0.4) is 0 Å². The van der Waals surface area contributed by atoms with E-state index < -0.39 is 0 Å². The Bertz CT molecular complexity index is 683. The number of hydrogen-bond donors (Lipinski definition) is 2. The minimum absolute atomic E-state index is 0.397. The van der Waals surface area contributed by atoms with Crippen LogP contribution < -0.4 is 0 Å². The molecule has 2 nitrogen and oxygen atoms in total. The number of hydrogen-bond acceptors (Lipinski definition) is 2. The van der Waals surface area contributed by atoms with Crippen molar-refractivity contribution in [3.05, 3.63) is 57.6 Å². The van der Waals surface area contributed by atoms with Crippen molar-refractivity contribution in [3.63, 3.8) is 0 Å². The Morgan fingerprint density at radius 1 is 0.593 bits per heavy atom. The van der Waals surface area contributed by atoms with Gasteiger partial charge in [0.25, 0.3) is 0 Å². The van der Waals surface area contributed by atoms with Crippen LogP contribution in [0.5, 0.6) is 11.5 Å². The Morgan fingerprint density at radius 3 is 1.30 bits per heavy atom. The summed E-state index contributed by atoms with van der Waals surface area (Å²) in [6, 6.07) is 8.55. The quantitative estimate of drug-likeness (QED) is 0.502. The first kappa shape index (κ1) is 21.3. The zero-order chi connectivity index (χ0) is 19.8. The lowest BCUT2D eigenvalue weighted by atomic mass is 9.92. The smallest absolute Gasteiger partial charge is 0.122 e. The van der Waals surface area contributed by atoms with Gasteiger partial charge in [-0.1, -0.05) is 64.8 Å². The van der Waals surface area contributed by atoms with Crippen LogP contribution in [0.15, 0.2) is 24.3 Å². The molecule has 0 amide bonds. The van der Waals surface area contributed by atoms with Gasteiger partial charge in [0.05, 0.1) is 0 Å². The van der Waals surface area contributed by atoms with Crippen LogP contribution in [-0.2, 0) is 32.1 Å². The van der Waals surface area contributed by atoms with Gasteiger partial charge in [-0.25, -0.2) is 0 Å². The molecule has 0 saturated carbocycles. The molecule has 0 aliphatic heterocycles. The topological polar surface area (TPSA) is 40.5 Å². The third kappa shape index (κ3) is 5.51. The highest BCUT2D eigenvalue weighted by atomic mass is 16.3. The summed E-state index contributed by atoms with van der Waals surface area (Å²) in [5, 5.41) is 21.5. The summed E-state index contributed by atoms with van der Waals surface area (Å²) in [6.45, 7) is 8.57. The van der Waals surface area contributed by atoms with E-state index in [1.807, 2.05) is 0 Å². The van der Waals surface area contributed by atoms with E-state index in [2.05, 4.69) is 52.0 Å². The molecule has 0 unspecified atom stereocenters. The average molecular weight is 369 g/mol. The summed E-state index contributed by atoms with van der Waals surface area (Å²) in [5.74, 6) is 0.795. The number of phenols is 2. The molecule has 0 bridgehead atoms. The minimum atomic E-state index is 0.397. The monoisotopic (exact) mass is 368 g/mol. The van der Waals surface area contributed by atoms with Crippen molar-refractivity contribution < 1.29 is 10.2 Å². The molecule has 0 spiro atoms.